The Kier molecular flexibility index (Phi) is 17.7. The highest BCUT2D eigenvalue weighted by molar-refractivity contribution is 8.76. The van der Waals surface area contributed by atoms with E-state index in [4.69, 9.17) is 31.9 Å². The number of nitrogens with two attached hydrogens (primary N) is 2. The molecule has 20 heteroatoms. The highest BCUT2D eigenvalue weighted by Crippen LogP contribution is 2.23. The lowest BCUT2D eigenvalue weighted by atomic mass is 10.1. The van der Waals surface area contributed by atoms with Gasteiger partial charge >= 0.3 is 23.9 Å². The fourth-order valence-corrected chi connectivity index (χ4v) is 4.85. The first kappa shape index (κ1) is 36.4. The van der Waals surface area contributed by atoms with E-state index in [1.54, 1.807) is 0 Å². The van der Waals surface area contributed by atoms with E-state index in [0.29, 0.717) is 0 Å². The molecule has 0 aromatic heterocycles. The molecule has 0 aliphatic rings. The predicted octanol–water partition coefficient (Wildman–Crippen LogP) is -3.88. The molecule has 0 spiro atoms. The fourth-order valence-electron chi connectivity index (χ4n) is 2.52. The lowest BCUT2D eigenvalue weighted by Crippen LogP contribution is -2.50. The molecule has 0 saturated carbocycles. The molecule has 226 valence electrons. The minimum absolute atomic E-state index is 0.155. The highest BCUT2D eigenvalue weighted by atomic mass is 33.1. The molecule has 0 radical (unpaired) electrons. The van der Waals surface area contributed by atoms with Gasteiger partial charge in [-0.2, -0.15) is 0 Å². The maximum Gasteiger partial charge on any atom is 0.322 e. The van der Waals surface area contributed by atoms with E-state index in [0.717, 1.165) is 21.6 Å². The number of carboxylic acid groups (broad SMARTS) is 4. The maximum absolute atomic E-state index is 12.4. The van der Waals surface area contributed by atoms with Crippen molar-refractivity contribution >= 4 is 69.1 Å². The van der Waals surface area contributed by atoms with Crippen LogP contribution in [0.5, 0.6) is 0 Å². The number of amides is 4. The first-order valence-electron chi connectivity index (χ1n) is 11.4. The summed E-state index contributed by atoms with van der Waals surface area (Å²) in [5.41, 5.74) is 10.7. The average molecular weight is 615 g/mol. The summed E-state index contributed by atoms with van der Waals surface area (Å²) in [5.74, 6) is -8.81. The van der Waals surface area contributed by atoms with Gasteiger partial charge in [-0.3, -0.25) is 38.4 Å². The van der Waals surface area contributed by atoms with Crippen LogP contribution in [0.1, 0.15) is 25.7 Å². The predicted molar refractivity (Wildman–Crippen MR) is 140 cm³/mol. The minimum Gasteiger partial charge on any atom is -0.480 e. The molecule has 0 heterocycles. The first-order valence-corrected chi connectivity index (χ1v) is 13.9. The Hall–Kier alpha value is -3.62. The van der Waals surface area contributed by atoms with Gasteiger partial charge in [0.25, 0.3) is 0 Å². The van der Waals surface area contributed by atoms with E-state index in [1.165, 1.54) is 0 Å². The summed E-state index contributed by atoms with van der Waals surface area (Å²) < 4.78 is 0. The number of carbonyl (C=O) groups excluding carboxylic acids is 4. The second-order valence-corrected chi connectivity index (χ2v) is 10.6. The monoisotopic (exact) mass is 614 g/mol. The van der Waals surface area contributed by atoms with Crippen LogP contribution in [-0.2, 0) is 38.4 Å². The minimum atomic E-state index is -1.34. The Morgan fingerprint density at radius 3 is 1.20 bits per heavy atom. The van der Waals surface area contributed by atoms with Crippen molar-refractivity contribution in [2.75, 3.05) is 24.6 Å². The van der Waals surface area contributed by atoms with Gasteiger partial charge in [-0.05, 0) is 12.8 Å². The molecule has 4 atom stereocenters. The molecule has 4 amide bonds. The molecule has 0 saturated heterocycles. The van der Waals surface area contributed by atoms with Crippen molar-refractivity contribution in [3.05, 3.63) is 0 Å². The van der Waals surface area contributed by atoms with Gasteiger partial charge in [-0.25, -0.2) is 0 Å². The Labute approximate surface area is 235 Å². The second kappa shape index (κ2) is 19.4. The quantitative estimate of drug-likeness (QED) is 0.0336. The molecule has 0 rings (SSSR count). The lowest BCUT2D eigenvalue weighted by Gasteiger charge is -2.20. The van der Waals surface area contributed by atoms with Gasteiger partial charge in [0.2, 0.25) is 23.6 Å². The second-order valence-electron chi connectivity index (χ2n) is 8.00. The molecule has 18 nitrogen and oxygen atoms in total. The van der Waals surface area contributed by atoms with Crippen molar-refractivity contribution in [2.24, 2.45) is 11.5 Å². The van der Waals surface area contributed by atoms with Gasteiger partial charge in [-0.1, -0.05) is 21.6 Å². The zero-order valence-corrected chi connectivity index (χ0v) is 22.6. The average Bonchev–Trinajstić information content (AvgIpc) is 2.87. The zero-order valence-electron chi connectivity index (χ0n) is 21.0. The van der Waals surface area contributed by atoms with Crippen molar-refractivity contribution in [1.29, 1.82) is 0 Å². The highest BCUT2D eigenvalue weighted by Gasteiger charge is 2.25. The van der Waals surface area contributed by atoms with Gasteiger partial charge in [-0.15, -0.1) is 0 Å². The summed E-state index contributed by atoms with van der Waals surface area (Å²) in [7, 11) is 1.89. The fraction of sp³-hybridized carbons (Fsp3) is 0.600. The lowest BCUT2D eigenvalue weighted by molar-refractivity contribution is -0.140. The van der Waals surface area contributed by atoms with Crippen LogP contribution in [-0.4, -0.2) is 117 Å². The van der Waals surface area contributed by atoms with E-state index in [9.17, 15) is 38.4 Å². The summed E-state index contributed by atoms with van der Waals surface area (Å²) in [4.78, 5) is 92.3. The van der Waals surface area contributed by atoms with Crippen molar-refractivity contribution in [3.63, 3.8) is 0 Å². The normalized spacial score (nSPS) is 13.6. The largest absolute Gasteiger partial charge is 0.480 e. The van der Waals surface area contributed by atoms with Crippen LogP contribution in [0.15, 0.2) is 0 Å². The Morgan fingerprint density at radius 1 is 0.600 bits per heavy atom. The van der Waals surface area contributed by atoms with Crippen LogP contribution in [0, 0.1) is 0 Å². The standard InChI is InChI=1S/C20H32N6O12S2/c21-9(19(35)36)1-3-13(27)25-11(17(33)23-5-15(29)30)7-39-40-8-12(18(34)24-6-16(31)32)26-14(28)4-2-10(22)20(37)38/h9-12H,1-8,21-22H2,(H,23,33)(H,24,34)(H,25,27)(H,26,28)(H,29,30)(H,31,32)(H,35,36)(H,37,38)/t9-,10-,11-,12-/m0/s1/i23+1,24+1. The summed E-state index contributed by atoms with van der Waals surface area (Å²) >= 11 is 0. The number of rotatable bonds is 21. The third kappa shape index (κ3) is 17.1. The van der Waals surface area contributed by atoms with Crippen molar-refractivity contribution in [3.8, 4) is 0 Å². The van der Waals surface area contributed by atoms with Crippen LogP contribution in [0.3, 0.4) is 0 Å². The smallest absolute Gasteiger partial charge is 0.322 e. The number of carboxylic acids is 4. The molecule has 0 aliphatic carbocycles. The molecule has 0 fully saturated rings. The van der Waals surface area contributed by atoms with Gasteiger partial charge in [0.15, 0.2) is 0 Å². The number of carbonyl (C=O) groups is 8. The van der Waals surface area contributed by atoms with E-state index >= 15 is 0 Å². The van der Waals surface area contributed by atoms with Gasteiger partial charge in [0.1, 0.15) is 37.3 Å². The van der Waals surface area contributed by atoms with Crippen LogP contribution in [0.25, 0.3) is 0 Å². The topological polar surface area (TPSA) is 318 Å². The molecule has 0 unspecified atom stereocenters. The maximum atomic E-state index is 12.4. The van der Waals surface area contributed by atoms with Crippen LogP contribution in [0.2, 0.25) is 0 Å². The summed E-state index contributed by atoms with van der Waals surface area (Å²) in [5, 5.41) is 44.1. The van der Waals surface area contributed by atoms with E-state index < -0.39 is 84.8 Å². The van der Waals surface area contributed by atoms with Crippen LogP contribution >= 0.6 is 21.6 Å². The van der Waals surface area contributed by atoms with Crippen LogP contribution in [0.4, 0.5) is 0 Å². The SMILES string of the molecule is N[C@@H](CCC(=O)N[C@@H](CSSC[C@H](NC(=O)CC[C@H](N)C(=O)O)C(=O)[15NH]CC(=O)O)C(=O)[15NH]CC(=O)O)C(=O)O. The van der Waals surface area contributed by atoms with Crippen molar-refractivity contribution in [1.82, 2.24) is 21.3 Å². The number of hydrogen-bond acceptors (Lipinski definition) is 12. The van der Waals surface area contributed by atoms with Crippen molar-refractivity contribution < 1.29 is 58.8 Å². The Bertz CT molecular complexity index is 879. The zero-order chi connectivity index (χ0) is 30.8. The van der Waals surface area contributed by atoms with Crippen LogP contribution < -0.4 is 32.7 Å². The third-order valence-electron chi connectivity index (χ3n) is 4.68. The van der Waals surface area contributed by atoms with E-state index in [1.807, 2.05) is 0 Å². The molecular formula is C20H32N6O12S2. The van der Waals surface area contributed by atoms with E-state index in [2.05, 4.69) is 21.3 Å². The van der Waals surface area contributed by atoms with Gasteiger partial charge < -0.3 is 53.2 Å². The molecule has 0 aromatic carbocycles. The first-order chi connectivity index (χ1) is 18.6. The number of hydrogen-bond donors (Lipinski definition) is 10. The summed E-state index contributed by atoms with van der Waals surface area (Å²) in [6, 6.07) is -5.16. The molecule has 0 aromatic rings. The summed E-state index contributed by atoms with van der Waals surface area (Å²) in [6.07, 6.45) is -1.12. The van der Waals surface area contributed by atoms with E-state index in [-0.39, 0.29) is 37.2 Å². The number of nitrogens with one attached hydrogen (secondary N) is 4. The Balaban J connectivity index is 5.18. The Morgan fingerprint density at radius 2 is 0.925 bits per heavy atom. The third-order valence-corrected chi connectivity index (χ3v) is 7.11. The molecule has 0 aliphatic heterocycles. The molecule has 12 N–H and O–H groups in total. The molecule has 0 bridgehead atoms. The molecular weight excluding hydrogens is 582 g/mol. The summed E-state index contributed by atoms with van der Waals surface area (Å²) in [6.45, 7) is -1.48. The van der Waals surface area contributed by atoms with Crippen molar-refractivity contribution in [2.45, 2.75) is 49.9 Å². The number of aliphatic carboxylic acids is 4. The van der Waals surface area contributed by atoms with Gasteiger partial charge in [0, 0.05) is 24.3 Å². The molecule has 40 heavy (non-hydrogen) atoms. The van der Waals surface area contributed by atoms with Gasteiger partial charge in [0.05, 0.1) is 0 Å².